The molecule has 1 aromatic carbocycles. The minimum Gasteiger partial charge on any atom is -0.467 e. The zero-order valence-corrected chi connectivity index (χ0v) is 19.6. The fourth-order valence-electron chi connectivity index (χ4n) is 2.86. The number of nitrogens with zero attached hydrogens (tertiary/aromatic N) is 3. The average molecular weight is 523 g/mol. The first-order valence-electron chi connectivity index (χ1n) is 10.0. The van der Waals surface area contributed by atoms with E-state index in [9.17, 15) is 0 Å². The van der Waals surface area contributed by atoms with Crippen LogP contribution in [0.15, 0.2) is 70.5 Å². The Kier molecular flexibility index (Phi) is 11.0. The van der Waals surface area contributed by atoms with Gasteiger partial charge in [0, 0.05) is 38.6 Å². The third-order valence-corrected chi connectivity index (χ3v) is 4.30. The van der Waals surface area contributed by atoms with E-state index in [1.54, 1.807) is 6.26 Å². The second kappa shape index (κ2) is 13.8. The Morgan fingerprint density at radius 2 is 2.03 bits per heavy atom. The van der Waals surface area contributed by atoms with E-state index in [-0.39, 0.29) is 24.0 Å². The lowest BCUT2D eigenvalue weighted by molar-refractivity contribution is 0.105. The molecule has 0 amide bonds. The molecule has 2 N–H and O–H groups in total. The van der Waals surface area contributed by atoms with E-state index >= 15 is 0 Å². The quantitative estimate of drug-likeness (QED) is 0.173. The fourth-order valence-corrected chi connectivity index (χ4v) is 2.86. The van der Waals surface area contributed by atoms with Crippen LogP contribution in [0.25, 0.3) is 0 Å². The second-order valence-electron chi connectivity index (χ2n) is 6.56. The van der Waals surface area contributed by atoms with Gasteiger partial charge in [-0.1, -0.05) is 30.3 Å². The van der Waals surface area contributed by atoms with Gasteiger partial charge in [0.2, 0.25) is 0 Å². The Balaban J connectivity index is 0.00000320. The predicted molar refractivity (Wildman–Crippen MR) is 129 cm³/mol. The molecule has 0 spiro atoms. The summed E-state index contributed by atoms with van der Waals surface area (Å²) in [5, 5.41) is 6.62. The van der Waals surface area contributed by atoms with E-state index in [0.29, 0.717) is 19.8 Å². The van der Waals surface area contributed by atoms with Crippen LogP contribution in [-0.4, -0.2) is 35.2 Å². The standard InChI is InChI=1S/C22H29N5O2.HI/c1-2-23-22(25-11-7-14-28-18-20-10-6-15-29-20)26-16-21-24-12-13-27(21)17-19-8-4-3-5-9-19;/h3-6,8-10,12-13,15H,2,7,11,14,16-18H2,1H3,(H2,23,25,26);1H. The lowest BCUT2D eigenvalue weighted by Gasteiger charge is -2.12. The number of guanidine groups is 1. The van der Waals surface area contributed by atoms with Crippen molar-refractivity contribution in [2.75, 3.05) is 19.7 Å². The number of nitrogens with one attached hydrogen (secondary N) is 2. The third-order valence-electron chi connectivity index (χ3n) is 4.30. The zero-order chi connectivity index (χ0) is 20.2. The first kappa shape index (κ1) is 23.9. The van der Waals surface area contributed by atoms with Gasteiger partial charge in [-0.15, -0.1) is 24.0 Å². The molecule has 3 aromatic rings. The molecule has 0 saturated carbocycles. The highest BCUT2D eigenvalue weighted by atomic mass is 127. The number of aliphatic imine (C=N–C) groups is 1. The van der Waals surface area contributed by atoms with Crippen molar-refractivity contribution in [2.24, 2.45) is 4.99 Å². The molecular formula is C22H30IN5O2. The first-order chi connectivity index (χ1) is 14.3. The summed E-state index contributed by atoms with van der Waals surface area (Å²) in [6, 6.07) is 14.1. The van der Waals surface area contributed by atoms with Crippen molar-refractivity contribution in [1.82, 2.24) is 20.2 Å². The van der Waals surface area contributed by atoms with Crippen LogP contribution in [0.1, 0.15) is 30.5 Å². The number of ether oxygens (including phenoxy) is 1. The van der Waals surface area contributed by atoms with Gasteiger partial charge in [-0.05, 0) is 31.0 Å². The van der Waals surface area contributed by atoms with Crippen molar-refractivity contribution >= 4 is 29.9 Å². The van der Waals surface area contributed by atoms with Crippen molar-refractivity contribution in [3.05, 3.63) is 78.3 Å². The topological polar surface area (TPSA) is 76.6 Å². The van der Waals surface area contributed by atoms with Gasteiger partial charge < -0.3 is 24.4 Å². The van der Waals surface area contributed by atoms with Gasteiger partial charge >= 0.3 is 0 Å². The van der Waals surface area contributed by atoms with Crippen LogP contribution in [-0.2, 0) is 24.4 Å². The van der Waals surface area contributed by atoms with Gasteiger partial charge in [0.15, 0.2) is 5.96 Å². The van der Waals surface area contributed by atoms with Crippen LogP contribution in [0.4, 0.5) is 0 Å². The van der Waals surface area contributed by atoms with Gasteiger partial charge in [0.1, 0.15) is 24.7 Å². The first-order valence-corrected chi connectivity index (χ1v) is 10.0. The molecule has 2 heterocycles. The predicted octanol–water partition coefficient (Wildman–Crippen LogP) is 3.80. The summed E-state index contributed by atoms with van der Waals surface area (Å²) in [7, 11) is 0. The molecule has 2 aromatic heterocycles. The molecule has 0 aliphatic heterocycles. The van der Waals surface area contributed by atoms with Gasteiger partial charge in [0.25, 0.3) is 0 Å². The van der Waals surface area contributed by atoms with E-state index in [1.807, 2.05) is 30.6 Å². The summed E-state index contributed by atoms with van der Waals surface area (Å²) in [4.78, 5) is 9.13. The zero-order valence-electron chi connectivity index (χ0n) is 17.3. The average Bonchev–Trinajstić information content (AvgIpc) is 3.41. The van der Waals surface area contributed by atoms with E-state index in [0.717, 1.165) is 43.6 Å². The van der Waals surface area contributed by atoms with Crippen LogP contribution in [0.5, 0.6) is 0 Å². The molecule has 8 heteroatoms. The monoisotopic (exact) mass is 523 g/mol. The number of rotatable bonds is 11. The number of hydrogen-bond acceptors (Lipinski definition) is 4. The van der Waals surface area contributed by atoms with Crippen LogP contribution < -0.4 is 10.6 Å². The maximum Gasteiger partial charge on any atom is 0.191 e. The summed E-state index contributed by atoms with van der Waals surface area (Å²) >= 11 is 0. The molecule has 0 radical (unpaired) electrons. The highest BCUT2D eigenvalue weighted by Crippen LogP contribution is 2.06. The van der Waals surface area contributed by atoms with Gasteiger partial charge in [0.05, 0.1) is 6.26 Å². The molecule has 0 unspecified atom stereocenters. The summed E-state index contributed by atoms with van der Waals surface area (Å²) in [5.41, 5.74) is 1.25. The SMILES string of the molecule is CCNC(=NCc1nccn1Cc1ccccc1)NCCCOCc1ccco1.I. The number of benzene rings is 1. The number of halogens is 1. The van der Waals surface area contributed by atoms with Gasteiger partial charge in [-0.3, -0.25) is 0 Å². The van der Waals surface area contributed by atoms with Crippen LogP contribution in [0.2, 0.25) is 0 Å². The molecule has 0 aliphatic carbocycles. The molecule has 0 bridgehead atoms. The normalized spacial score (nSPS) is 11.2. The maximum atomic E-state index is 5.60. The maximum absolute atomic E-state index is 5.60. The minimum atomic E-state index is 0. The van der Waals surface area contributed by atoms with E-state index < -0.39 is 0 Å². The van der Waals surface area contributed by atoms with Crippen molar-refractivity contribution in [3.8, 4) is 0 Å². The number of imidazole rings is 1. The Bertz CT molecular complexity index is 850. The lowest BCUT2D eigenvalue weighted by atomic mass is 10.2. The lowest BCUT2D eigenvalue weighted by Crippen LogP contribution is -2.38. The highest BCUT2D eigenvalue weighted by Gasteiger charge is 2.04. The fraction of sp³-hybridized carbons (Fsp3) is 0.364. The van der Waals surface area contributed by atoms with Crippen molar-refractivity contribution in [3.63, 3.8) is 0 Å². The van der Waals surface area contributed by atoms with Gasteiger partial charge in [-0.25, -0.2) is 9.98 Å². The van der Waals surface area contributed by atoms with Crippen molar-refractivity contribution in [2.45, 2.75) is 33.0 Å². The van der Waals surface area contributed by atoms with E-state index in [1.165, 1.54) is 5.56 Å². The van der Waals surface area contributed by atoms with Gasteiger partial charge in [-0.2, -0.15) is 0 Å². The highest BCUT2D eigenvalue weighted by molar-refractivity contribution is 14.0. The summed E-state index contributed by atoms with van der Waals surface area (Å²) in [6.07, 6.45) is 6.36. The van der Waals surface area contributed by atoms with Crippen LogP contribution in [0, 0.1) is 0 Å². The number of furan rings is 1. The molecule has 7 nitrogen and oxygen atoms in total. The van der Waals surface area contributed by atoms with Crippen LogP contribution >= 0.6 is 24.0 Å². The van der Waals surface area contributed by atoms with Crippen LogP contribution in [0.3, 0.4) is 0 Å². The summed E-state index contributed by atoms with van der Waals surface area (Å²) < 4.78 is 13.0. The van der Waals surface area contributed by atoms with E-state index in [2.05, 4.69) is 56.4 Å². The molecule has 0 fully saturated rings. The minimum absolute atomic E-state index is 0. The Hall–Kier alpha value is -2.33. The van der Waals surface area contributed by atoms with Crippen molar-refractivity contribution < 1.29 is 9.15 Å². The summed E-state index contributed by atoms with van der Waals surface area (Å²) in [6.45, 7) is 6.12. The molecular weight excluding hydrogens is 493 g/mol. The smallest absolute Gasteiger partial charge is 0.191 e. The Morgan fingerprint density at radius 1 is 1.17 bits per heavy atom. The largest absolute Gasteiger partial charge is 0.467 e. The van der Waals surface area contributed by atoms with E-state index in [4.69, 9.17) is 9.15 Å². The molecule has 30 heavy (non-hydrogen) atoms. The summed E-state index contributed by atoms with van der Waals surface area (Å²) in [5.74, 6) is 2.57. The Morgan fingerprint density at radius 3 is 2.80 bits per heavy atom. The second-order valence-corrected chi connectivity index (χ2v) is 6.56. The number of hydrogen-bond donors (Lipinski definition) is 2. The molecule has 0 atom stereocenters. The molecule has 0 aliphatic rings. The third kappa shape index (κ3) is 8.19. The number of aromatic nitrogens is 2. The Labute approximate surface area is 195 Å². The molecule has 162 valence electrons. The molecule has 3 rings (SSSR count). The molecule has 0 saturated heterocycles. The van der Waals surface area contributed by atoms with Crippen molar-refractivity contribution in [1.29, 1.82) is 0 Å².